The Morgan fingerprint density at radius 2 is 2.00 bits per heavy atom. The highest BCUT2D eigenvalue weighted by Crippen LogP contribution is 2.35. The molecule has 2 aromatic rings. The number of thiazole rings is 1. The van der Waals surface area contributed by atoms with E-state index in [1.165, 1.54) is 32.1 Å². The van der Waals surface area contributed by atoms with Gasteiger partial charge in [0.15, 0.2) is 6.23 Å². The number of carbonyl (C=O) groups is 1. The summed E-state index contributed by atoms with van der Waals surface area (Å²) < 4.78 is 5.80. The predicted molar refractivity (Wildman–Crippen MR) is 136 cm³/mol. The quantitative estimate of drug-likeness (QED) is 0.298. The first-order valence-corrected chi connectivity index (χ1v) is 13.3. The van der Waals surface area contributed by atoms with Gasteiger partial charge in [-0.05, 0) is 57.2 Å². The van der Waals surface area contributed by atoms with Crippen LogP contribution in [0.25, 0.3) is 0 Å². The summed E-state index contributed by atoms with van der Waals surface area (Å²) in [5, 5.41) is 11.5. The summed E-state index contributed by atoms with van der Waals surface area (Å²) in [5.74, 6) is 0.454. The van der Waals surface area contributed by atoms with Crippen molar-refractivity contribution < 1.29 is 9.53 Å². The van der Waals surface area contributed by atoms with Gasteiger partial charge in [0, 0.05) is 28.7 Å². The number of aryl methyl sites for hydroxylation is 1. The second kappa shape index (κ2) is 10.5. The van der Waals surface area contributed by atoms with Gasteiger partial charge in [0.05, 0.1) is 11.6 Å². The molecule has 1 aromatic heterocycles. The minimum absolute atomic E-state index is 0.0108. The summed E-state index contributed by atoms with van der Waals surface area (Å²) in [6.45, 7) is 4.59. The molecule has 7 nitrogen and oxygen atoms in total. The molecule has 0 spiro atoms. The third kappa shape index (κ3) is 5.67. The summed E-state index contributed by atoms with van der Waals surface area (Å²) in [4.78, 5) is 19.9. The van der Waals surface area contributed by atoms with Crippen LogP contribution in [0.2, 0.25) is 0 Å². The summed E-state index contributed by atoms with van der Waals surface area (Å²) in [7, 11) is 0. The van der Waals surface area contributed by atoms with Gasteiger partial charge in [0.25, 0.3) is 5.91 Å². The first-order chi connectivity index (χ1) is 16.2. The molecule has 1 amide bonds. The smallest absolute Gasteiger partial charge is 0.254 e. The van der Waals surface area contributed by atoms with E-state index in [1.807, 2.05) is 24.1 Å². The molecule has 184 valence electrons. The average molecular weight is 484 g/mol. The van der Waals surface area contributed by atoms with Crippen molar-refractivity contribution in [2.75, 3.05) is 6.54 Å². The monoisotopic (exact) mass is 483 g/mol. The third-order valence-electron chi connectivity index (χ3n) is 7.16. The zero-order valence-electron chi connectivity index (χ0n) is 20.3. The Morgan fingerprint density at radius 1 is 1.26 bits per heavy atom. The number of nitrogens with zero attached hydrogens (tertiary/aromatic N) is 2. The number of likely N-dealkylation sites (tertiary alicyclic amines) is 1. The molecule has 34 heavy (non-hydrogen) atoms. The van der Waals surface area contributed by atoms with E-state index in [4.69, 9.17) is 21.6 Å². The Hall–Kier alpha value is -2.29. The second-order valence-electron chi connectivity index (χ2n) is 10.1. The van der Waals surface area contributed by atoms with Gasteiger partial charge in [-0.15, -0.1) is 11.3 Å². The van der Waals surface area contributed by atoms with Crippen molar-refractivity contribution in [1.29, 1.82) is 5.41 Å². The molecule has 1 aromatic carbocycles. The number of carbonyl (C=O) groups excluding carboxylic acids is 1. The van der Waals surface area contributed by atoms with Gasteiger partial charge >= 0.3 is 0 Å². The molecule has 1 aliphatic heterocycles. The molecule has 3 atom stereocenters. The largest absolute Gasteiger partial charge is 0.457 e. The summed E-state index contributed by atoms with van der Waals surface area (Å²) in [6, 6.07) is 7.07. The Morgan fingerprint density at radius 3 is 2.71 bits per heavy atom. The van der Waals surface area contributed by atoms with Crippen LogP contribution in [0, 0.1) is 18.3 Å². The summed E-state index contributed by atoms with van der Waals surface area (Å²) in [6.07, 6.45) is 8.01. The fourth-order valence-corrected chi connectivity index (χ4v) is 6.15. The molecule has 2 aliphatic rings. The lowest BCUT2D eigenvalue weighted by atomic mass is 9.80. The van der Waals surface area contributed by atoms with Gasteiger partial charge in [-0.3, -0.25) is 15.9 Å². The number of benzene rings is 1. The van der Waals surface area contributed by atoms with E-state index >= 15 is 0 Å². The van der Waals surface area contributed by atoms with E-state index in [-0.39, 0.29) is 17.8 Å². The lowest BCUT2D eigenvalue weighted by Crippen LogP contribution is -2.56. The molecule has 1 aliphatic carbocycles. The lowest BCUT2D eigenvalue weighted by Gasteiger charge is -2.35. The van der Waals surface area contributed by atoms with E-state index in [0.717, 1.165) is 30.0 Å². The molecule has 3 unspecified atom stereocenters. The Balaban J connectivity index is 1.42. The van der Waals surface area contributed by atoms with E-state index in [1.54, 1.807) is 35.6 Å². The number of amides is 1. The SMILES string of the molecule is Cc1csc(C2CCCN2C(=O)c2cccc(C(=N)OC(N)C(C)(N)CC3CCCCC3)c2)n1. The zero-order chi connectivity index (χ0) is 24.3. The van der Waals surface area contributed by atoms with Crippen LogP contribution < -0.4 is 11.5 Å². The molecular formula is C26H37N5O2S. The first-order valence-electron chi connectivity index (χ1n) is 12.4. The number of hydrogen-bond acceptors (Lipinski definition) is 7. The van der Waals surface area contributed by atoms with Gasteiger partial charge in [-0.2, -0.15) is 0 Å². The fraction of sp³-hybridized carbons (Fsp3) is 0.577. The summed E-state index contributed by atoms with van der Waals surface area (Å²) >= 11 is 1.61. The minimum atomic E-state index is -0.794. The van der Waals surface area contributed by atoms with E-state index in [2.05, 4.69) is 4.98 Å². The second-order valence-corrected chi connectivity index (χ2v) is 11.0. The van der Waals surface area contributed by atoms with Crippen LogP contribution in [0.3, 0.4) is 0 Å². The van der Waals surface area contributed by atoms with Gasteiger partial charge < -0.3 is 15.4 Å². The minimum Gasteiger partial charge on any atom is -0.457 e. The molecule has 1 saturated heterocycles. The topological polar surface area (TPSA) is 118 Å². The fourth-order valence-electron chi connectivity index (χ4n) is 5.21. The molecule has 2 heterocycles. The van der Waals surface area contributed by atoms with Crippen LogP contribution in [0.15, 0.2) is 29.6 Å². The molecule has 1 saturated carbocycles. The van der Waals surface area contributed by atoms with Crippen molar-refractivity contribution >= 4 is 23.1 Å². The molecule has 0 bridgehead atoms. The summed E-state index contributed by atoms with van der Waals surface area (Å²) in [5.41, 5.74) is 14.2. The maximum atomic E-state index is 13.4. The van der Waals surface area contributed by atoms with Crippen LogP contribution in [0.4, 0.5) is 0 Å². The van der Waals surface area contributed by atoms with Crippen LogP contribution in [0.5, 0.6) is 0 Å². The normalized spacial score (nSPS) is 21.8. The van der Waals surface area contributed by atoms with Gasteiger partial charge in [-0.25, -0.2) is 4.98 Å². The van der Waals surface area contributed by atoms with Crippen molar-refractivity contribution in [2.45, 2.75) is 83.0 Å². The van der Waals surface area contributed by atoms with Gasteiger partial charge in [0.2, 0.25) is 5.90 Å². The van der Waals surface area contributed by atoms with E-state index < -0.39 is 11.8 Å². The Kier molecular flexibility index (Phi) is 7.70. The number of rotatable bonds is 7. The van der Waals surface area contributed by atoms with E-state index in [0.29, 0.717) is 23.6 Å². The molecule has 4 rings (SSSR count). The van der Waals surface area contributed by atoms with Gasteiger partial charge in [0.1, 0.15) is 5.01 Å². The first kappa shape index (κ1) is 24.8. The van der Waals surface area contributed by atoms with Crippen molar-refractivity contribution in [1.82, 2.24) is 9.88 Å². The highest BCUT2D eigenvalue weighted by atomic mass is 32.1. The van der Waals surface area contributed by atoms with E-state index in [9.17, 15) is 4.79 Å². The van der Waals surface area contributed by atoms with Gasteiger partial charge in [-0.1, -0.05) is 38.2 Å². The number of nitrogens with two attached hydrogens (primary N) is 2. The molecule has 2 fully saturated rings. The molecule has 5 N–H and O–H groups in total. The van der Waals surface area contributed by atoms with Crippen LogP contribution in [-0.4, -0.2) is 40.0 Å². The van der Waals surface area contributed by atoms with Crippen LogP contribution in [-0.2, 0) is 4.74 Å². The average Bonchev–Trinajstić information content (AvgIpc) is 3.48. The molecule has 0 radical (unpaired) electrons. The maximum Gasteiger partial charge on any atom is 0.254 e. The molecule has 8 heteroatoms. The Labute approximate surface area is 206 Å². The number of ether oxygens (including phenoxy) is 1. The lowest BCUT2D eigenvalue weighted by molar-refractivity contribution is 0.0735. The number of hydrogen-bond donors (Lipinski definition) is 3. The number of nitrogens with one attached hydrogen (secondary N) is 1. The van der Waals surface area contributed by atoms with Crippen molar-refractivity contribution in [3.8, 4) is 0 Å². The predicted octanol–water partition coefficient (Wildman–Crippen LogP) is 4.74. The molecular weight excluding hydrogens is 446 g/mol. The maximum absolute atomic E-state index is 13.4. The van der Waals surface area contributed by atoms with Crippen LogP contribution in [0.1, 0.15) is 91.0 Å². The highest BCUT2D eigenvalue weighted by molar-refractivity contribution is 7.09. The Bertz CT molecular complexity index is 1010. The van der Waals surface area contributed by atoms with Crippen molar-refractivity contribution in [3.63, 3.8) is 0 Å². The number of aromatic nitrogens is 1. The van der Waals surface area contributed by atoms with Crippen LogP contribution >= 0.6 is 11.3 Å². The van der Waals surface area contributed by atoms with Crippen molar-refractivity contribution in [2.24, 2.45) is 17.4 Å². The highest BCUT2D eigenvalue weighted by Gasteiger charge is 2.34. The zero-order valence-corrected chi connectivity index (χ0v) is 21.1. The third-order valence-corrected chi connectivity index (χ3v) is 8.22. The standard InChI is InChI=1S/C26H37N5O2S/c1-17-16-34-23(30-17)21-12-7-13-31(21)24(32)20-11-6-10-19(14-20)22(27)33-25(28)26(2,29)15-18-8-4-3-5-9-18/h6,10-11,14,16,18,21,25,27H,3-5,7-9,12-13,15,28-29H2,1-2H3. The van der Waals surface area contributed by atoms with Crippen molar-refractivity contribution in [3.05, 3.63) is 51.5 Å².